The molecule has 3 heterocycles. The highest BCUT2D eigenvalue weighted by Crippen LogP contribution is 2.07. The number of nitrogens with zero attached hydrogens (tertiary/aromatic N) is 6. The van der Waals surface area contributed by atoms with Gasteiger partial charge in [-0.25, -0.2) is 4.98 Å². The molecule has 0 spiro atoms. The summed E-state index contributed by atoms with van der Waals surface area (Å²) in [5.74, 6) is 0.779. The van der Waals surface area contributed by atoms with Gasteiger partial charge in [-0.15, -0.1) is 5.10 Å². The van der Waals surface area contributed by atoms with Gasteiger partial charge in [-0.3, -0.25) is 9.58 Å². The van der Waals surface area contributed by atoms with Crippen LogP contribution in [0.1, 0.15) is 0 Å². The molecule has 21 heavy (non-hydrogen) atoms. The van der Waals surface area contributed by atoms with Crippen LogP contribution >= 0.6 is 0 Å². The standard InChI is InChI=1S/C13H19N7O/c1-2-13(18-16-3-1)15-8-12-9-19(6-7-21-12)4-5-20-11-14-10-17-20/h1-3,10-12H,4-9H2,(H,15,18)/t12-/m1/s1. The van der Waals surface area contributed by atoms with E-state index in [9.17, 15) is 0 Å². The van der Waals surface area contributed by atoms with Gasteiger partial charge >= 0.3 is 0 Å². The maximum atomic E-state index is 5.78. The lowest BCUT2D eigenvalue weighted by molar-refractivity contribution is -0.0222. The molecule has 0 radical (unpaired) electrons. The van der Waals surface area contributed by atoms with Crippen LogP contribution in [0.25, 0.3) is 0 Å². The van der Waals surface area contributed by atoms with Gasteiger partial charge in [0, 0.05) is 32.4 Å². The fourth-order valence-corrected chi connectivity index (χ4v) is 2.31. The van der Waals surface area contributed by atoms with E-state index >= 15 is 0 Å². The number of anilines is 1. The van der Waals surface area contributed by atoms with E-state index in [1.54, 1.807) is 18.9 Å². The summed E-state index contributed by atoms with van der Waals surface area (Å²) in [6, 6.07) is 3.76. The summed E-state index contributed by atoms with van der Waals surface area (Å²) in [4.78, 5) is 6.33. The van der Waals surface area contributed by atoms with Gasteiger partial charge in [0.15, 0.2) is 0 Å². The number of rotatable bonds is 6. The molecule has 1 saturated heterocycles. The third kappa shape index (κ3) is 4.20. The van der Waals surface area contributed by atoms with E-state index < -0.39 is 0 Å². The van der Waals surface area contributed by atoms with Crippen LogP contribution in [0.5, 0.6) is 0 Å². The fourth-order valence-electron chi connectivity index (χ4n) is 2.31. The zero-order valence-corrected chi connectivity index (χ0v) is 11.8. The molecule has 1 atom stereocenters. The van der Waals surface area contributed by atoms with E-state index in [1.807, 2.05) is 16.8 Å². The smallest absolute Gasteiger partial charge is 0.148 e. The molecular weight excluding hydrogens is 270 g/mol. The summed E-state index contributed by atoms with van der Waals surface area (Å²) in [6.07, 6.45) is 5.13. The van der Waals surface area contributed by atoms with Crippen molar-refractivity contribution in [1.29, 1.82) is 0 Å². The van der Waals surface area contributed by atoms with E-state index in [2.05, 4.69) is 30.5 Å². The topological polar surface area (TPSA) is 81.0 Å². The molecule has 112 valence electrons. The minimum Gasteiger partial charge on any atom is -0.374 e. The van der Waals surface area contributed by atoms with E-state index in [0.29, 0.717) is 0 Å². The normalized spacial score (nSPS) is 19.5. The van der Waals surface area contributed by atoms with Crippen molar-refractivity contribution in [2.45, 2.75) is 12.6 Å². The van der Waals surface area contributed by atoms with Crippen molar-refractivity contribution in [1.82, 2.24) is 29.9 Å². The van der Waals surface area contributed by atoms with Crippen molar-refractivity contribution in [3.05, 3.63) is 31.0 Å². The Balaban J connectivity index is 1.42. The fraction of sp³-hybridized carbons (Fsp3) is 0.538. The molecule has 2 aromatic heterocycles. The summed E-state index contributed by atoms with van der Waals surface area (Å²) in [6.45, 7) is 5.15. The summed E-state index contributed by atoms with van der Waals surface area (Å²) in [5.41, 5.74) is 0. The van der Waals surface area contributed by atoms with E-state index in [0.717, 1.165) is 45.1 Å². The first-order chi connectivity index (χ1) is 10.4. The highest BCUT2D eigenvalue weighted by molar-refractivity contribution is 5.31. The molecule has 0 aliphatic carbocycles. The zero-order valence-electron chi connectivity index (χ0n) is 11.8. The van der Waals surface area contributed by atoms with Gasteiger partial charge in [-0.05, 0) is 12.1 Å². The highest BCUT2D eigenvalue weighted by atomic mass is 16.5. The van der Waals surface area contributed by atoms with Crippen LogP contribution in [-0.2, 0) is 11.3 Å². The minimum absolute atomic E-state index is 0.163. The Bertz CT molecular complexity index is 519. The first kappa shape index (κ1) is 13.9. The second-order valence-corrected chi connectivity index (χ2v) is 4.94. The monoisotopic (exact) mass is 289 g/mol. The minimum atomic E-state index is 0.163. The van der Waals surface area contributed by atoms with Gasteiger partial charge in [0.05, 0.1) is 19.3 Å². The van der Waals surface area contributed by atoms with Crippen LogP contribution in [0.15, 0.2) is 31.0 Å². The van der Waals surface area contributed by atoms with E-state index in [-0.39, 0.29) is 6.10 Å². The molecule has 1 aliphatic rings. The number of morpholine rings is 1. The van der Waals surface area contributed by atoms with Crippen molar-refractivity contribution in [2.24, 2.45) is 0 Å². The molecule has 0 amide bonds. The molecule has 1 N–H and O–H groups in total. The van der Waals surface area contributed by atoms with Crippen molar-refractivity contribution < 1.29 is 4.74 Å². The lowest BCUT2D eigenvalue weighted by atomic mass is 10.2. The van der Waals surface area contributed by atoms with E-state index in [4.69, 9.17) is 4.74 Å². The van der Waals surface area contributed by atoms with Crippen LogP contribution in [0.2, 0.25) is 0 Å². The quantitative estimate of drug-likeness (QED) is 0.794. The molecule has 0 aromatic carbocycles. The Morgan fingerprint density at radius 3 is 3.19 bits per heavy atom. The second-order valence-electron chi connectivity index (χ2n) is 4.94. The maximum absolute atomic E-state index is 5.78. The second kappa shape index (κ2) is 7.09. The molecule has 2 aromatic rings. The lowest BCUT2D eigenvalue weighted by Crippen LogP contribution is -2.46. The molecule has 1 fully saturated rings. The van der Waals surface area contributed by atoms with Gasteiger partial charge in [0.2, 0.25) is 0 Å². The highest BCUT2D eigenvalue weighted by Gasteiger charge is 2.20. The molecule has 0 unspecified atom stereocenters. The number of nitrogens with one attached hydrogen (secondary N) is 1. The predicted molar refractivity (Wildman–Crippen MR) is 76.7 cm³/mol. The average Bonchev–Trinajstić information content (AvgIpc) is 3.06. The number of ether oxygens (including phenoxy) is 1. The van der Waals surface area contributed by atoms with Crippen LogP contribution in [0, 0.1) is 0 Å². The zero-order chi connectivity index (χ0) is 14.3. The maximum Gasteiger partial charge on any atom is 0.148 e. The first-order valence-corrected chi connectivity index (χ1v) is 7.08. The average molecular weight is 289 g/mol. The molecule has 0 saturated carbocycles. The van der Waals surface area contributed by atoms with Gasteiger partial charge in [0.25, 0.3) is 0 Å². The van der Waals surface area contributed by atoms with Gasteiger partial charge < -0.3 is 10.1 Å². The summed E-state index contributed by atoms with van der Waals surface area (Å²) in [5, 5.41) is 15.2. The molecule has 8 heteroatoms. The molecule has 3 rings (SSSR count). The Morgan fingerprint density at radius 1 is 1.38 bits per heavy atom. The summed E-state index contributed by atoms with van der Waals surface area (Å²) in [7, 11) is 0. The number of hydrogen-bond donors (Lipinski definition) is 1. The van der Waals surface area contributed by atoms with Crippen LogP contribution in [0.3, 0.4) is 0 Å². The lowest BCUT2D eigenvalue weighted by Gasteiger charge is -2.32. The summed E-state index contributed by atoms with van der Waals surface area (Å²) < 4.78 is 7.63. The summed E-state index contributed by atoms with van der Waals surface area (Å²) >= 11 is 0. The van der Waals surface area contributed by atoms with Crippen molar-refractivity contribution in [2.75, 3.05) is 38.1 Å². The third-order valence-electron chi connectivity index (χ3n) is 3.42. The van der Waals surface area contributed by atoms with Crippen molar-refractivity contribution in [3.63, 3.8) is 0 Å². The van der Waals surface area contributed by atoms with Gasteiger partial charge in [0.1, 0.15) is 18.5 Å². The Morgan fingerprint density at radius 2 is 2.38 bits per heavy atom. The molecule has 1 aliphatic heterocycles. The van der Waals surface area contributed by atoms with Gasteiger partial charge in [-0.2, -0.15) is 10.2 Å². The number of aromatic nitrogens is 5. The number of hydrogen-bond acceptors (Lipinski definition) is 7. The molecular formula is C13H19N7O. The van der Waals surface area contributed by atoms with Gasteiger partial charge in [-0.1, -0.05) is 0 Å². The van der Waals surface area contributed by atoms with Crippen molar-refractivity contribution in [3.8, 4) is 0 Å². The van der Waals surface area contributed by atoms with Crippen LogP contribution in [-0.4, -0.2) is 68.8 Å². The van der Waals surface area contributed by atoms with E-state index in [1.165, 1.54) is 0 Å². The van der Waals surface area contributed by atoms with Crippen LogP contribution in [0.4, 0.5) is 5.82 Å². The first-order valence-electron chi connectivity index (χ1n) is 7.08. The molecule has 0 bridgehead atoms. The Kier molecular flexibility index (Phi) is 4.70. The predicted octanol–water partition coefficient (Wildman–Crippen LogP) is -0.119. The van der Waals surface area contributed by atoms with Crippen molar-refractivity contribution >= 4 is 5.82 Å². The Hall–Kier alpha value is -2.06. The largest absolute Gasteiger partial charge is 0.374 e. The molecule has 8 nitrogen and oxygen atoms in total. The third-order valence-corrected chi connectivity index (χ3v) is 3.42. The Labute approximate surface area is 123 Å². The SMILES string of the molecule is c1cnnc(NC[C@@H]2CN(CCn3cncn3)CCO2)c1. The van der Waals surface area contributed by atoms with Crippen LogP contribution < -0.4 is 5.32 Å².